The zero-order valence-electron chi connectivity index (χ0n) is 19.6. The maximum Gasteiger partial charge on any atom is 0.500 e. The Labute approximate surface area is 184 Å². The Morgan fingerprint density at radius 3 is 2.07 bits per heavy atom. The molecular formula is C20H42O8Si2. The lowest BCUT2D eigenvalue weighted by molar-refractivity contribution is 0.100. The summed E-state index contributed by atoms with van der Waals surface area (Å²) in [4.78, 5) is 0. The molecule has 178 valence electrons. The first kappa shape index (κ1) is 26.4. The van der Waals surface area contributed by atoms with Crippen LogP contribution >= 0.6 is 0 Å². The molecule has 3 fully saturated rings. The topological polar surface area (TPSA) is 80.4 Å². The van der Waals surface area contributed by atoms with Gasteiger partial charge in [0.05, 0.1) is 25.4 Å². The van der Waals surface area contributed by atoms with Crippen LogP contribution in [0.15, 0.2) is 0 Å². The van der Waals surface area contributed by atoms with Crippen LogP contribution in [0.2, 0.25) is 18.6 Å². The van der Waals surface area contributed by atoms with Crippen LogP contribution < -0.4 is 0 Å². The van der Waals surface area contributed by atoms with Gasteiger partial charge in [0.2, 0.25) is 0 Å². The summed E-state index contributed by atoms with van der Waals surface area (Å²) in [5, 5.41) is 0. The van der Waals surface area contributed by atoms with Gasteiger partial charge in [-0.25, -0.2) is 0 Å². The minimum Gasteiger partial charge on any atom is -0.398 e. The van der Waals surface area contributed by atoms with Crippen molar-refractivity contribution in [3.8, 4) is 0 Å². The molecule has 0 aromatic carbocycles. The SMILES string of the molecule is CO[Si](C)(CCC1CCC2OC2C1)OC.CO[Si](CCCOCC1CO1)(OC)OC. The minimum absolute atomic E-state index is 0.333. The second-order valence-electron chi connectivity index (χ2n) is 8.40. The van der Waals surface area contributed by atoms with E-state index in [1.54, 1.807) is 35.5 Å². The molecule has 2 aliphatic heterocycles. The molecule has 30 heavy (non-hydrogen) atoms. The fraction of sp³-hybridized carbons (Fsp3) is 1.00. The highest BCUT2D eigenvalue weighted by Gasteiger charge is 2.44. The summed E-state index contributed by atoms with van der Waals surface area (Å²) in [5.74, 6) is 0.839. The average Bonchev–Trinajstić information content (AvgIpc) is 3.70. The summed E-state index contributed by atoms with van der Waals surface area (Å²) in [6.07, 6.45) is 7.55. The van der Waals surface area contributed by atoms with Gasteiger partial charge in [-0.15, -0.1) is 0 Å². The third-order valence-electron chi connectivity index (χ3n) is 6.39. The number of fused-ring (bicyclic) bond motifs is 1. The van der Waals surface area contributed by atoms with Crippen molar-refractivity contribution in [1.82, 2.24) is 0 Å². The van der Waals surface area contributed by atoms with Crippen molar-refractivity contribution in [2.45, 2.75) is 69.1 Å². The van der Waals surface area contributed by atoms with E-state index >= 15 is 0 Å². The lowest BCUT2D eigenvalue weighted by Gasteiger charge is -2.26. The number of epoxide rings is 2. The van der Waals surface area contributed by atoms with Crippen LogP contribution in [0.5, 0.6) is 0 Å². The van der Waals surface area contributed by atoms with Crippen molar-refractivity contribution >= 4 is 17.4 Å². The van der Waals surface area contributed by atoms with Gasteiger partial charge in [-0.3, -0.25) is 0 Å². The van der Waals surface area contributed by atoms with Crippen LogP contribution in [0.4, 0.5) is 0 Å². The molecule has 3 aliphatic rings. The number of hydrogen-bond donors (Lipinski definition) is 0. The van der Waals surface area contributed by atoms with E-state index in [-0.39, 0.29) is 0 Å². The summed E-state index contributed by atoms with van der Waals surface area (Å²) >= 11 is 0. The normalized spacial score (nSPS) is 27.8. The van der Waals surface area contributed by atoms with E-state index in [0.717, 1.165) is 31.0 Å². The highest BCUT2D eigenvalue weighted by molar-refractivity contribution is 6.65. The second-order valence-corrected chi connectivity index (χ2v) is 15.1. The molecule has 0 N–H and O–H groups in total. The molecule has 0 radical (unpaired) electrons. The summed E-state index contributed by atoms with van der Waals surface area (Å²) in [6.45, 7) is 4.38. The van der Waals surface area contributed by atoms with Gasteiger partial charge in [0, 0.05) is 48.2 Å². The molecule has 0 aromatic rings. The number of hydrogen-bond acceptors (Lipinski definition) is 8. The maximum atomic E-state index is 5.54. The van der Waals surface area contributed by atoms with Gasteiger partial charge >= 0.3 is 17.4 Å². The van der Waals surface area contributed by atoms with E-state index in [1.165, 1.54) is 25.7 Å². The van der Waals surface area contributed by atoms with Gasteiger partial charge in [-0.2, -0.15) is 0 Å². The van der Waals surface area contributed by atoms with Crippen LogP contribution in [0.25, 0.3) is 0 Å². The van der Waals surface area contributed by atoms with Gasteiger partial charge < -0.3 is 36.3 Å². The van der Waals surface area contributed by atoms with Gasteiger partial charge in [0.1, 0.15) is 6.10 Å². The number of ether oxygens (including phenoxy) is 3. The molecule has 4 atom stereocenters. The average molecular weight is 467 g/mol. The van der Waals surface area contributed by atoms with Crippen molar-refractivity contribution in [2.24, 2.45) is 5.92 Å². The fourth-order valence-corrected chi connectivity index (χ4v) is 7.03. The molecule has 3 rings (SSSR count). The Morgan fingerprint density at radius 1 is 0.867 bits per heavy atom. The molecular weight excluding hydrogens is 424 g/mol. The Morgan fingerprint density at radius 2 is 1.53 bits per heavy atom. The molecule has 2 saturated heterocycles. The standard InChI is InChI=1S/C11H22O3Si.C9H20O5Si/c1-12-15(3,13-2)7-6-9-4-5-10-11(8-9)14-10;1-10-15(11-2,12-3)6-4-5-13-7-9-8-14-9/h9-11H,4-8H2,1-3H3;9H,4-8H2,1-3H3. The predicted molar refractivity (Wildman–Crippen MR) is 118 cm³/mol. The molecule has 0 aromatic heterocycles. The molecule has 4 unspecified atom stereocenters. The van der Waals surface area contributed by atoms with Crippen molar-refractivity contribution < 1.29 is 36.3 Å². The lowest BCUT2D eigenvalue weighted by Crippen LogP contribution is -2.42. The molecule has 1 saturated carbocycles. The summed E-state index contributed by atoms with van der Waals surface area (Å²) < 4.78 is 42.9. The van der Waals surface area contributed by atoms with Gasteiger partial charge in [-0.05, 0) is 50.6 Å². The van der Waals surface area contributed by atoms with Gasteiger partial charge in [0.15, 0.2) is 0 Å². The van der Waals surface area contributed by atoms with E-state index in [4.69, 9.17) is 36.3 Å². The molecule has 0 amide bonds. The minimum atomic E-state index is -2.39. The zero-order chi connectivity index (χ0) is 22.0. The maximum absolute atomic E-state index is 5.54. The zero-order valence-corrected chi connectivity index (χ0v) is 21.6. The molecule has 8 nitrogen and oxygen atoms in total. The largest absolute Gasteiger partial charge is 0.500 e. The van der Waals surface area contributed by atoms with Crippen molar-refractivity contribution in [2.75, 3.05) is 55.4 Å². The smallest absolute Gasteiger partial charge is 0.398 e. The molecule has 1 aliphatic carbocycles. The molecule has 0 spiro atoms. The van der Waals surface area contributed by atoms with Crippen molar-refractivity contribution in [3.05, 3.63) is 0 Å². The Hall–Kier alpha value is 0.114. The van der Waals surface area contributed by atoms with Gasteiger partial charge in [-0.1, -0.05) is 0 Å². The van der Waals surface area contributed by atoms with E-state index in [9.17, 15) is 0 Å². The van der Waals surface area contributed by atoms with E-state index in [1.807, 2.05) is 0 Å². The van der Waals surface area contributed by atoms with E-state index in [2.05, 4.69) is 6.55 Å². The number of rotatable bonds is 14. The van der Waals surface area contributed by atoms with E-state index < -0.39 is 17.4 Å². The first-order valence-corrected chi connectivity index (χ1v) is 15.5. The van der Waals surface area contributed by atoms with Crippen LogP contribution in [-0.4, -0.2) is 91.0 Å². The van der Waals surface area contributed by atoms with Crippen molar-refractivity contribution in [1.29, 1.82) is 0 Å². The predicted octanol–water partition coefficient (Wildman–Crippen LogP) is 2.98. The lowest BCUT2D eigenvalue weighted by atomic mass is 9.88. The van der Waals surface area contributed by atoms with Gasteiger partial charge in [0.25, 0.3) is 0 Å². The Kier molecular flexibility index (Phi) is 11.4. The first-order valence-electron chi connectivity index (χ1n) is 11.0. The Bertz CT molecular complexity index is 463. The monoisotopic (exact) mass is 466 g/mol. The highest BCUT2D eigenvalue weighted by atomic mass is 28.4. The Balaban J connectivity index is 0.000000214. The summed E-state index contributed by atoms with van der Waals surface area (Å²) in [7, 11) is 4.20. The van der Waals surface area contributed by atoms with Crippen LogP contribution in [-0.2, 0) is 36.3 Å². The summed E-state index contributed by atoms with van der Waals surface area (Å²) in [6, 6.07) is 1.89. The second kappa shape index (κ2) is 13.0. The quantitative estimate of drug-likeness (QED) is 0.220. The summed E-state index contributed by atoms with van der Waals surface area (Å²) in [5.41, 5.74) is 0. The third kappa shape index (κ3) is 8.93. The third-order valence-corrected chi connectivity index (χ3v) is 12.1. The molecule has 0 bridgehead atoms. The highest BCUT2D eigenvalue weighted by Crippen LogP contribution is 2.41. The molecule has 10 heteroatoms. The van der Waals surface area contributed by atoms with Crippen LogP contribution in [0.1, 0.15) is 32.1 Å². The van der Waals surface area contributed by atoms with E-state index in [0.29, 0.717) is 31.5 Å². The van der Waals surface area contributed by atoms with Crippen LogP contribution in [0, 0.1) is 5.92 Å². The molecule has 2 heterocycles. The van der Waals surface area contributed by atoms with Crippen LogP contribution in [0.3, 0.4) is 0 Å². The first-order chi connectivity index (χ1) is 14.4. The van der Waals surface area contributed by atoms with Crippen molar-refractivity contribution in [3.63, 3.8) is 0 Å². The fourth-order valence-electron chi connectivity index (χ4n) is 3.83.